The maximum atomic E-state index is 13.5. The summed E-state index contributed by atoms with van der Waals surface area (Å²) in [6, 6.07) is 7.56. The van der Waals surface area contributed by atoms with Gasteiger partial charge in [-0.3, -0.25) is 9.80 Å². The van der Waals surface area contributed by atoms with Crippen molar-refractivity contribution in [2.45, 2.75) is 111 Å². The lowest BCUT2D eigenvalue weighted by Crippen LogP contribution is -2.75. The first-order valence-corrected chi connectivity index (χ1v) is 19.0. The lowest BCUT2D eigenvalue weighted by molar-refractivity contribution is -0.176. The summed E-state index contributed by atoms with van der Waals surface area (Å²) in [4.78, 5) is 9.05. The number of nitrogens with zero attached hydrogens (tertiary/aromatic N) is 2. The highest BCUT2D eigenvalue weighted by molar-refractivity contribution is 5.68. The molecule has 2 saturated heterocycles. The Morgan fingerprint density at radius 2 is 1.12 bits per heavy atom. The fourth-order valence-corrected chi connectivity index (χ4v) is 13.4. The minimum Gasteiger partial charge on any atom is -0.504 e. The van der Waals surface area contributed by atoms with Crippen LogP contribution >= 0.6 is 0 Å². The van der Waals surface area contributed by atoms with Crippen LogP contribution < -0.4 is 9.47 Å². The molecule has 254 valence electrons. The number of aromatic amines is 1. The van der Waals surface area contributed by atoms with Gasteiger partial charge in [0.2, 0.25) is 0 Å². The van der Waals surface area contributed by atoms with Crippen molar-refractivity contribution in [3.63, 3.8) is 0 Å². The molecule has 10 aliphatic rings. The van der Waals surface area contributed by atoms with E-state index in [0.29, 0.717) is 36.2 Å². The summed E-state index contributed by atoms with van der Waals surface area (Å²) in [6.45, 7) is 3.84. The lowest BCUT2D eigenvalue weighted by atomic mass is 9.47. The molecular weight excluding hydrogens is 618 g/mol. The second-order valence-electron chi connectivity index (χ2n) is 17.8. The topological polar surface area (TPSA) is 122 Å². The number of phenolic OH excluding ortho intramolecular Hbond substituents is 2. The van der Waals surface area contributed by atoms with Gasteiger partial charge in [-0.25, -0.2) is 0 Å². The quantitative estimate of drug-likeness (QED) is 0.286. The van der Waals surface area contributed by atoms with Crippen LogP contribution in [0.1, 0.15) is 95.5 Å². The van der Waals surface area contributed by atoms with E-state index in [1.165, 1.54) is 36.8 Å². The van der Waals surface area contributed by atoms with Gasteiger partial charge < -0.3 is 34.9 Å². The van der Waals surface area contributed by atoms with E-state index in [1.807, 2.05) is 0 Å². The highest BCUT2D eigenvalue weighted by Crippen LogP contribution is 2.72. The number of hydrogen-bond acceptors (Lipinski definition) is 8. The number of aromatic hydroxyl groups is 2. The molecule has 3 aromatic rings. The van der Waals surface area contributed by atoms with Gasteiger partial charge in [0.1, 0.15) is 0 Å². The van der Waals surface area contributed by atoms with Crippen LogP contribution in [0.5, 0.6) is 23.0 Å². The Morgan fingerprint density at radius 1 is 0.673 bits per heavy atom. The first-order valence-electron chi connectivity index (χ1n) is 19.0. The summed E-state index contributed by atoms with van der Waals surface area (Å²) in [7, 11) is 0. The number of fused-ring (bicyclic) bond motifs is 5. The standard InChI is InChI=1S/C40H43N3O6/c44-25-7-5-21-13-27-39(46)15-23-24-16-40(47)28-14-22-6-8-26(45)34-30(22)38(40,10-12-43(28)18-20-3-4-20)36(49-34)32(24)41-31(23)35-37(39,29(21)33(25)48-35)9-11-42(27)17-19-1-2-19/h5-8,19-20,27-28,35-36,41,44-47H,1-4,9-18H2/t27-,28-,35+,36+,37+,38+,39-,40+/m1/s1. The molecule has 0 unspecified atom stereocenters. The van der Waals surface area contributed by atoms with Crippen molar-refractivity contribution in [1.29, 1.82) is 0 Å². The van der Waals surface area contributed by atoms with Crippen molar-refractivity contribution in [1.82, 2.24) is 14.8 Å². The van der Waals surface area contributed by atoms with Gasteiger partial charge in [-0.15, -0.1) is 0 Å². The van der Waals surface area contributed by atoms with Crippen LogP contribution in [-0.4, -0.2) is 84.7 Å². The molecule has 9 heteroatoms. The minimum absolute atomic E-state index is 0.0535. The monoisotopic (exact) mass is 661 g/mol. The zero-order valence-electron chi connectivity index (χ0n) is 27.7. The maximum Gasteiger partial charge on any atom is 0.166 e. The second-order valence-corrected chi connectivity index (χ2v) is 17.8. The Labute approximate surface area is 284 Å². The number of nitrogens with one attached hydrogen (secondary N) is 1. The van der Waals surface area contributed by atoms with Crippen LogP contribution in [0.2, 0.25) is 0 Å². The molecule has 5 N–H and O–H groups in total. The normalized spacial score (nSPS) is 41.3. The van der Waals surface area contributed by atoms with Gasteiger partial charge in [0.25, 0.3) is 0 Å². The molecular formula is C40H43N3O6. The summed E-state index contributed by atoms with van der Waals surface area (Å²) >= 11 is 0. The molecule has 2 spiro atoms. The largest absolute Gasteiger partial charge is 0.504 e. The van der Waals surface area contributed by atoms with Crippen molar-refractivity contribution < 1.29 is 29.9 Å². The number of ether oxygens (including phenoxy) is 2. The van der Waals surface area contributed by atoms with E-state index in [2.05, 4.69) is 26.9 Å². The van der Waals surface area contributed by atoms with E-state index in [4.69, 9.17) is 9.47 Å². The van der Waals surface area contributed by atoms with Crippen molar-refractivity contribution in [2.24, 2.45) is 11.8 Å². The number of hydrogen-bond donors (Lipinski definition) is 5. The number of phenols is 2. The SMILES string of the molecule is Oc1ccc2c3c1O[C@H]1c4[nH]c5c(c4C[C@@]4(O)[C@@H](C2)N(CC2CC2)CC[C@]314)C[C@]1(O)[C@H]2Cc3ccc(O)c4c3[C@@]1(CCN2CC1CC1)[C@H]5O4. The number of aliphatic hydroxyl groups is 2. The number of likely N-dealkylation sites (tertiary alicyclic amines) is 2. The summed E-state index contributed by atoms with van der Waals surface area (Å²) in [5.74, 6) is 2.77. The van der Waals surface area contributed by atoms with Crippen LogP contribution in [0.3, 0.4) is 0 Å². The van der Waals surface area contributed by atoms with Gasteiger partial charge in [-0.1, -0.05) is 12.1 Å². The first-order chi connectivity index (χ1) is 23.7. The summed E-state index contributed by atoms with van der Waals surface area (Å²) in [5, 5.41) is 49.4. The van der Waals surface area contributed by atoms with Crippen LogP contribution in [0, 0.1) is 11.8 Å². The van der Waals surface area contributed by atoms with Gasteiger partial charge in [0.15, 0.2) is 35.2 Å². The number of piperidine rings is 2. The Kier molecular flexibility index (Phi) is 4.64. The smallest absolute Gasteiger partial charge is 0.166 e. The average Bonchev–Trinajstić information content (AvgIpc) is 3.98. The number of rotatable bonds is 4. The third kappa shape index (κ3) is 2.87. The van der Waals surface area contributed by atoms with E-state index >= 15 is 0 Å². The van der Waals surface area contributed by atoms with Gasteiger partial charge in [-0.05, 0) is 111 Å². The van der Waals surface area contributed by atoms with Gasteiger partial charge >= 0.3 is 0 Å². The van der Waals surface area contributed by atoms with Gasteiger partial charge in [-0.2, -0.15) is 0 Å². The number of H-pyrrole nitrogens is 1. The van der Waals surface area contributed by atoms with Crippen molar-refractivity contribution in [3.05, 3.63) is 69.0 Å². The van der Waals surface area contributed by atoms with Crippen LogP contribution in [0.4, 0.5) is 0 Å². The molecule has 2 aromatic carbocycles. The average molecular weight is 662 g/mol. The molecule has 6 aliphatic carbocycles. The van der Waals surface area contributed by atoms with Crippen molar-refractivity contribution >= 4 is 0 Å². The molecule has 2 saturated carbocycles. The molecule has 4 fully saturated rings. The van der Waals surface area contributed by atoms with Crippen LogP contribution in [0.15, 0.2) is 24.3 Å². The van der Waals surface area contributed by atoms with E-state index < -0.39 is 34.2 Å². The van der Waals surface area contributed by atoms with E-state index in [9.17, 15) is 20.4 Å². The number of aromatic nitrogens is 1. The fraction of sp³-hybridized carbons (Fsp3) is 0.600. The summed E-state index contributed by atoms with van der Waals surface area (Å²) in [5.41, 5.74) is 4.93. The molecule has 9 nitrogen and oxygen atoms in total. The highest BCUT2D eigenvalue weighted by atomic mass is 16.5. The molecule has 0 amide bonds. The summed E-state index contributed by atoms with van der Waals surface area (Å²) in [6.07, 6.45) is 8.06. The second kappa shape index (κ2) is 8.28. The zero-order chi connectivity index (χ0) is 32.4. The minimum atomic E-state index is -1.09. The summed E-state index contributed by atoms with van der Waals surface area (Å²) < 4.78 is 13.9. The third-order valence-corrected chi connectivity index (χ3v) is 15.7. The van der Waals surface area contributed by atoms with E-state index in [1.54, 1.807) is 12.1 Å². The predicted molar refractivity (Wildman–Crippen MR) is 177 cm³/mol. The molecule has 4 aliphatic heterocycles. The van der Waals surface area contributed by atoms with E-state index in [-0.39, 0.29) is 23.6 Å². The number of benzene rings is 2. The molecule has 13 rings (SSSR count). The molecule has 5 heterocycles. The van der Waals surface area contributed by atoms with Crippen LogP contribution in [0.25, 0.3) is 0 Å². The lowest BCUT2D eigenvalue weighted by Gasteiger charge is -2.63. The molecule has 49 heavy (non-hydrogen) atoms. The van der Waals surface area contributed by atoms with E-state index in [0.717, 1.165) is 85.5 Å². The first kappa shape index (κ1) is 27.5. The fourth-order valence-electron chi connectivity index (χ4n) is 13.4. The predicted octanol–water partition coefficient (Wildman–Crippen LogP) is 3.82. The Balaban J connectivity index is 1.03. The molecule has 4 bridgehead atoms. The van der Waals surface area contributed by atoms with Gasteiger partial charge in [0, 0.05) is 49.1 Å². The third-order valence-electron chi connectivity index (χ3n) is 15.7. The molecule has 0 radical (unpaired) electrons. The molecule has 1 aromatic heterocycles. The Hall–Kier alpha value is -3.24. The van der Waals surface area contributed by atoms with Crippen LogP contribution in [-0.2, 0) is 36.5 Å². The van der Waals surface area contributed by atoms with Crippen molar-refractivity contribution in [2.75, 3.05) is 26.2 Å². The molecule has 8 atom stereocenters. The maximum absolute atomic E-state index is 13.5. The highest BCUT2D eigenvalue weighted by Gasteiger charge is 2.76. The van der Waals surface area contributed by atoms with Crippen molar-refractivity contribution in [3.8, 4) is 23.0 Å². The zero-order valence-corrected chi connectivity index (χ0v) is 27.7. The Bertz CT molecular complexity index is 1910. The van der Waals surface area contributed by atoms with Gasteiger partial charge in [0.05, 0.1) is 33.4 Å². The Morgan fingerprint density at radius 3 is 1.55 bits per heavy atom.